The summed E-state index contributed by atoms with van der Waals surface area (Å²) in [6.45, 7) is 7.01. The number of carbonyl (C=O) groups excluding carboxylic acids is 1. The first kappa shape index (κ1) is 19.3. The van der Waals surface area contributed by atoms with E-state index in [1.807, 2.05) is 13.0 Å². The molecule has 0 unspecified atom stereocenters. The highest BCUT2D eigenvalue weighted by molar-refractivity contribution is 5.81. The Kier molecular flexibility index (Phi) is 7.19. The van der Waals surface area contributed by atoms with Gasteiger partial charge in [-0.15, -0.1) is 0 Å². The van der Waals surface area contributed by atoms with E-state index in [1.54, 1.807) is 0 Å². The topological polar surface area (TPSA) is 32.8 Å². The molecule has 0 bridgehead atoms. The Balaban J connectivity index is 1.63. The van der Waals surface area contributed by atoms with Gasteiger partial charge < -0.3 is 4.74 Å². The first-order valence-corrected chi connectivity index (χ1v) is 9.67. The van der Waals surface area contributed by atoms with Crippen LogP contribution in [0, 0.1) is 0 Å². The van der Waals surface area contributed by atoms with Crippen molar-refractivity contribution >= 4 is 5.97 Å². The van der Waals surface area contributed by atoms with Crippen molar-refractivity contribution in [2.75, 3.05) is 39.3 Å². The molecule has 2 aromatic carbocycles. The zero-order chi connectivity index (χ0) is 18.9. The van der Waals surface area contributed by atoms with E-state index in [1.165, 1.54) is 17.2 Å². The Morgan fingerprint density at radius 2 is 1.52 bits per heavy atom. The summed E-state index contributed by atoms with van der Waals surface area (Å²) in [5, 5.41) is 0. The highest BCUT2D eigenvalue weighted by atomic mass is 16.5. The molecule has 0 radical (unpaired) electrons. The lowest BCUT2D eigenvalue weighted by Gasteiger charge is -2.39. The van der Waals surface area contributed by atoms with Crippen LogP contribution in [0.2, 0.25) is 0 Å². The number of esters is 1. The van der Waals surface area contributed by atoms with E-state index in [0.29, 0.717) is 6.61 Å². The van der Waals surface area contributed by atoms with Crippen LogP contribution in [0.25, 0.3) is 0 Å². The second-order valence-corrected chi connectivity index (χ2v) is 6.71. The van der Waals surface area contributed by atoms with Crippen LogP contribution in [0.5, 0.6) is 0 Å². The lowest BCUT2D eigenvalue weighted by atomic mass is 9.96. The van der Waals surface area contributed by atoms with E-state index in [-0.39, 0.29) is 12.0 Å². The van der Waals surface area contributed by atoms with E-state index >= 15 is 0 Å². The van der Waals surface area contributed by atoms with Gasteiger partial charge in [0.1, 0.15) is 0 Å². The molecule has 142 valence electrons. The molecule has 1 saturated heterocycles. The van der Waals surface area contributed by atoms with Crippen LogP contribution in [-0.2, 0) is 9.53 Å². The van der Waals surface area contributed by atoms with Gasteiger partial charge in [-0.3, -0.25) is 9.80 Å². The highest BCUT2D eigenvalue weighted by Gasteiger charge is 2.25. The molecule has 1 heterocycles. The fourth-order valence-corrected chi connectivity index (χ4v) is 3.58. The molecule has 4 heteroatoms. The van der Waals surface area contributed by atoms with Crippen molar-refractivity contribution in [1.82, 2.24) is 9.80 Å². The summed E-state index contributed by atoms with van der Waals surface area (Å²) in [6, 6.07) is 21.7. The molecule has 0 N–H and O–H groups in total. The minimum Gasteiger partial charge on any atom is -0.463 e. The predicted molar refractivity (Wildman–Crippen MR) is 109 cm³/mol. The number of nitrogens with zero attached hydrogens (tertiary/aromatic N) is 2. The minimum atomic E-state index is -0.260. The highest BCUT2D eigenvalue weighted by Crippen LogP contribution is 2.29. The van der Waals surface area contributed by atoms with Gasteiger partial charge >= 0.3 is 5.97 Å². The summed E-state index contributed by atoms with van der Waals surface area (Å²) >= 11 is 0. The number of benzene rings is 2. The summed E-state index contributed by atoms with van der Waals surface area (Å²) < 4.78 is 4.93. The van der Waals surface area contributed by atoms with E-state index < -0.39 is 0 Å². The van der Waals surface area contributed by atoms with Crippen LogP contribution in [0.4, 0.5) is 0 Å². The molecule has 0 atom stereocenters. The third-order valence-electron chi connectivity index (χ3n) is 4.91. The van der Waals surface area contributed by atoms with E-state index in [0.717, 1.165) is 32.7 Å². The molecule has 0 spiro atoms. The van der Waals surface area contributed by atoms with Gasteiger partial charge in [-0.1, -0.05) is 66.7 Å². The molecule has 1 aliphatic rings. The molecular weight excluding hydrogens is 336 g/mol. The molecule has 0 aromatic heterocycles. The molecule has 1 fully saturated rings. The fraction of sp³-hybridized carbons (Fsp3) is 0.348. The Hall–Kier alpha value is -2.43. The van der Waals surface area contributed by atoms with Gasteiger partial charge in [-0.25, -0.2) is 4.79 Å². The maximum atomic E-state index is 11.4. The van der Waals surface area contributed by atoms with Crippen molar-refractivity contribution in [3.8, 4) is 0 Å². The Morgan fingerprint density at radius 3 is 2.04 bits per heavy atom. The lowest BCUT2D eigenvalue weighted by molar-refractivity contribution is -0.137. The second-order valence-electron chi connectivity index (χ2n) is 6.71. The van der Waals surface area contributed by atoms with E-state index in [4.69, 9.17) is 4.74 Å². The summed E-state index contributed by atoms with van der Waals surface area (Å²) in [7, 11) is 0. The Labute approximate surface area is 162 Å². The van der Waals surface area contributed by atoms with Gasteiger partial charge in [0.2, 0.25) is 0 Å². The average molecular weight is 364 g/mol. The third kappa shape index (κ3) is 5.52. The van der Waals surface area contributed by atoms with E-state index in [2.05, 4.69) is 70.5 Å². The maximum Gasteiger partial charge on any atom is 0.330 e. The number of hydrogen-bond donors (Lipinski definition) is 0. The van der Waals surface area contributed by atoms with Crippen LogP contribution in [-0.4, -0.2) is 55.1 Å². The lowest BCUT2D eigenvalue weighted by Crippen LogP contribution is -2.47. The number of rotatable bonds is 7. The molecular formula is C23H28N2O2. The van der Waals surface area contributed by atoms with Gasteiger partial charge in [0, 0.05) is 38.8 Å². The maximum absolute atomic E-state index is 11.4. The van der Waals surface area contributed by atoms with Crippen molar-refractivity contribution in [3.05, 3.63) is 83.9 Å². The monoisotopic (exact) mass is 364 g/mol. The summed E-state index contributed by atoms with van der Waals surface area (Å²) in [5.41, 5.74) is 2.67. The molecule has 2 aromatic rings. The van der Waals surface area contributed by atoms with Crippen molar-refractivity contribution in [1.29, 1.82) is 0 Å². The molecule has 3 rings (SSSR count). The molecule has 0 saturated carbocycles. The van der Waals surface area contributed by atoms with Crippen LogP contribution in [0.3, 0.4) is 0 Å². The fourth-order valence-electron chi connectivity index (χ4n) is 3.58. The van der Waals surface area contributed by atoms with Crippen LogP contribution in [0.15, 0.2) is 72.8 Å². The minimum absolute atomic E-state index is 0.260. The normalized spacial score (nSPS) is 16.1. The summed E-state index contributed by atoms with van der Waals surface area (Å²) in [5.74, 6) is -0.260. The van der Waals surface area contributed by atoms with Crippen molar-refractivity contribution in [3.63, 3.8) is 0 Å². The average Bonchev–Trinajstić information content (AvgIpc) is 2.71. The van der Waals surface area contributed by atoms with Crippen molar-refractivity contribution in [2.45, 2.75) is 13.0 Å². The number of ether oxygens (including phenoxy) is 1. The number of hydrogen-bond acceptors (Lipinski definition) is 4. The predicted octanol–water partition coefficient (Wildman–Crippen LogP) is 3.51. The van der Waals surface area contributed by atoms with Gasteiger partial charge in [0.25, 0.3) is 0 Å². The SMILES string of the molecule is CCOC(=O)/C=C/CN1CCN(C(c2ccccc2)c2ccccc2)CC1. The third-order valence-corrected chi connectivity index (χ3v) is 4.91. The first-order chi connectivity index (χ1) is 13.3. The van der Waals surface area contributed by atoms with Crippen LogP contribution >= 0.6 is 0 Å². The number of piperazine rings is 1. The van der Waals surface area contributed by atoms with Gasteiger partial charge in [0.05, 0.1) is 12.6 Å². The molecule has 0 amide bonds. The quantitative estimate of drug-likeness (QED) is 0.556. The van der Waals surface area contributed by atoms with Gasteiger partial charge in [-0.2, -0.15) is 0 Å². The Morgan fingerprint density at radius 1 is 0.963 bits per heavy atom. The largest absolute Gasteiger partial charge is 0.463 e. The summed E-state index contributed by atoms with van der Waals surface area (Å²) in [4.78, 5) is 16.3. The van der Waals surface area contributed by atoms with Crippen LogP contribution in [0.1, 0.15) is 24.1 Å². The molecule has 0 aliphatic carbocycles. The Bertz CT molecular complexity index is 683. The van der Waals surface area contributed by atoms with Gasteiger partial charge in [0.15, 0.2) is 0 Å². The standard InChI is InChI=1S/C23H28N2O2/c1-2-27-22(26)14-9-15-24-16-18-25(19-17-24)23(20-10-5-3-6-11-20)21-12-7-4-8-13-21/h3-14,23H,2,15-19H2,1H3/b14-9+. The van der Waals surface area contributed by atoms with E-state index in [9.17, 15) is 4.79 Å². The van der Waals surface area contributed by atoms with Crippen molar-refractivity contribution < 1.29 is 9.53 Å². The molecule has 27 heavy (non-hydrogen) atoms. The first-order valence-electron chi connectivity index (χ1n) is 9.67. The zero-order valence-corrected chi connectivity index (χ0v) is 16.0. The smallest absolute Gasteiger partial charge is 0.330 e. The molecule has 1 aliphatic heterocycles. The van der Waals surface area contributed by atoms with Gasteiger partial charge in [-0.05, 0) is 18.1 Å². The summed E-state index contributed by atoms with van der Waals surface area (Å²) in [6.07, 6.45) is 3.44. The molecule has 4 nitrogen and oxygen atoms in total. The number of carbonyl (C=O) groups is 1. The zero-order valence-electron chi connectivity index (χ0n) is 16.0. The van der Waals surface area contributed by atoms with Crippen molar-refractivity contribution in [2.24, 2.45) is 0 Å². The second kappa shape index (κ2) is 10.0. The van der Waals surface area contributed by atoms with Crippen LogP contribution < -0.4 is 0 Å².